The van der Waals surface area contributed by atoms with Crippen LogP contribution in [0.1, 0.15) is 31.7 Å². The molecule has 2 rings (SSSR count). The third-order valence-electron chi connectivity index (χ3n) is 4.22. The van der Waals surface area contributed by atoms with Crippen LogP contribution < -0.4 is 11.1 Å². The van der Waals surface area contributed by atoms with Gasteiger partial charge in [0.15, 0.2) is 5.96 Å². The van der Waals surface area contributed by atoms with Crippen LogP contribution in [-0.4, -0.2) is 42.9 Å². The van der Waals surface area contributed by atoms with Gasteiger partial charge in [0.2, 0.25) is 5.91 Å². The molecule has 1 heterocycles. The van der Waals surface area contributed by atoms with Crippen molar-refractivity contribution in [3.8, 4) is 0 Å². The summed E-state index contributed by atoms with van der Waals surface area (Å²) in [6.07, 6.45) is 3.29. The Morgan fingerprint density at radius 2 is 2.17 bits per heavy atom. The Morgan fingerprint density at radius 3 is 2.83 bits per heavy atom. The zero-order valence-corrected chi connectivity index (χ0v) is 14.3. The van der Waals surface area contributed by atoms with Gasteiger partial charge in [0, 0.05) is 32.6 Å². The number of nitrogens with one attached hydrogen (secondary N) is 1. The zero-order chi connectivity index (χ0) is 17.4. The quantitative estimate of drug-likeness (QED) is 0.617. The normalized spacial score (nSPS) is 18.5. The molecule has 1 aliphatic heterocycles. The monoisotopic (exact) mass is 334 g/mol. The number of likely N-dealkylation sites (tertiary alicyclic amines) is 1. The van der Waals surface area contributed by atoms with Crippen LogP contribution in [0.3, 0.4) is 0 Å². The van der Waals surface area contributed by atoms with Crippen LogP contribution in [0.4, 0.5) is 4.39 Å². The van der Waals surface area contributed by atoms with Gasteiger partial charge in [0.1, 0.15) is 5.82 Å². The molecule has 1 atom stereocenters. The van der Waals surface area contributed by atoms with Crippen LogP contribution in [-0.2, 0) is 11.2 Å². The summed E-state index contributed by atoms with van der Waals surface area (Å²) in [7, 11) is 0. The number of primary amides is 1. The summed E-state index contributed by atoms with van der Waals surface area (Å²) < 4.78 is 12.9. The molecule has 6 heteroatoms. The standard InChI is InChI=1S/C18H27FN4O/c1-2-21-18(22-10-9-14-5-7-16(19)8-6-14)23-11-3-4-15(13-23)12-17(20)24/h5-8,15H,2-4,9-13H2,1H3,(H2,20,24)(H,21,22). The van der Waals surface area contributed by atoms with Crippen LogP contribution in [0.2, 0.25) is 0 Å². The maximum atomic E-state index is 12.9. The van der Waals surface area contributed by atoms with Gasteiger partial charge in [-0.25, -0.2) is 4.39 Å². The number of benzene rings is 1. The van der Waals surface area contributed by atoms with Crippen molar-refractivity contribution >= 4 is 11.9 Å². The van der Waals surface area contributed by atoms with Crippen molar-refractivity contribution in [1.29, 1.82) is 0 Å². The van der Waals surface area contributed by atoms with Gasteiger partial charge in [-0.1, -0.05) is 12.1 Å². The molecule has 1 aliphatic rings. The van der Waals surface area contributed by atoms with Crippen LogP contribution in [0.5, 0.6) is 0 Å². The third-order valence-corrected chi connectivity index (χ3v) is 4.22. The number of piperidine rings is 1. The Labute approximate surface area is 143 Å². The molecule has 24 heavy (non-hydrogen) atoms. The first kappa shape index (κ1) is 18.2. The Balaban J connectivity index is 1.93. The van der Waals surface area contributed by atoms with Gasteiger partial charge in [-0.2, -0.15) is 0 Å². The van der Waals surface area contributed by atoms with Crippen molar-refractivity contribution in [3.63, 3.8) is 0 Å². The average Bonchev–Trinajstić information content (AvgIpc) is 2.55. The molecule has 0 radical (unpaired) electrons. The van der Waals surface area contributed by atoms with Crippen LogP contribution >= 0.6 is 0 Å². The number of nitrogens with zero attached hydrogens (tertiary/aromatic N) is 2. The van der Waals surface area contributed by atoms with Gasteiger partial charge in [0.25, 0.3) is 0 Å². The molecule has 1 aromatic rings. The van der Waals surface area contributed by atoms with Crippen LogP contribution in [0.25, 0.3) is 0 Å². The van der Waals surface area contributed by atoms with Crippen LogP contribution in [0, 0.1) is 11.7 Å². The van der Waals surface area contributed by atoms with Crippen molar-refractivity contribution in [1.82, 2.24) is 10.2 Å². The first-order valence-corrected chi connectivity index (χ1v) is 8.64. The first-order chi connectivity index (χ1) is 11.6. The number of nitrogens with two attached hydrogens (primary N) is 1. The molecule has 0 aliphatic carbocycles. The van der Waals surface area contributed by atoms with Gasteiger partial charge >= 0.3 is 0 Å². The fourth-order valence-corrected chi connectivity index (χ4v) is 3.08. The van der Waals surface area contributed by atoms with E-state index >= 15 is 0 Å². The van der Waals surface area contributed by atoms with Gasteiger partial charge in [-0.05, 0) is 49.8 Å². The molecule has 1 unspecified atom stereocenters. The summed E-state index contributed by atoms with van der Waals surface area (Å²) in [6, 6.07) is 6.54. The maximum absolute atomic E-state index is 12.9. The fraction of sp³-hybridized carbons (Fsp3) is 0.556. The third kappa shape index (κ3) is 5.83. The molecule has 0 saturated carbocycles. The minimum atomic E-state index is -0.236. The highest BCUT2D eigenvalue weighted by atomic mass is 19.1. The van der Waals surface area contributed by atoms with E-state index in [1.807, 2.05) is 6.92 Å². The molecule has 3 N–H and O–H groups in total. The smallest absolute Gasteiger partial charge is 0.217 e. The predicted octanol–water partition coefficient (Wildman–Crippen LogP) is 1.92. The lowest BCUT2D eigenvalue weighted by Crippen LogP contribution is -2.47. The fourth-order valence-electron chi connectivity index (χ4n) is 3.08. The van der Waals surface area contributed by atoms with Crippen molar-refractivity contribution in [2.24, 2.45) is 16.6 Å². The summed E-state index contributed by atoms with van der Waals surface area (Å²) in [4.78, 5) is 18.1. The minimum absolute atomic E-state index is 0.218. The van der Waals surface area contributed by atoms with Gasteiger partial charge in [-0.3, -0.25) is 9.79 Å². The topological polar surface area (TPSA) is 70.7 Å². The van der Waals surface area contributed by atoms with E-state index in [1.54, 1.807) is 12.1 Å². The average molecular weight is 334 g/mol. The molecular weight excluding hydrogens is 307 g/mol. The van der Waals surface area contributed by atoms with Crippen LogP contribution in [0.15, 0.2) is 29.3 Å². The van der Waals surface area contributed by atoms with Gasteiger partial charge in [0.05, 0.1) is 0 Å². The Kier molecular flexibility index (Phi) is 7.03. The number of hydrogen-bond acceptors (Lipinski definition) is 2. The SMILES string of the molecule is CCNC(=NCCc1ccc(F)cc1)N1CCCC(CC(N)=O)C1. The Bertz CT molecular complexity index is 559. The number of hydrogen-bond donors (Lipinski definition) is 2. The van der Waals surface area contributed by atoms with E-state index in [-0.39, 0.29) is 11.7 Å². The number of carbonyl (C=O) groups excluding carboxylic acids is 1. The Morgan fingerprint density at radius 1 is 1.42 bits per heavy atom. The molecular formula is C18H27FN4O. The minimum Gasteiger partial charge on any atom is -0.370 e. The molecule has 1 fully saturated rings. The van der Waals surface area contributed by atoms with Gasteiger partial charge < -0.3 is 16.0 Å². The highest BCUT2D eigenvalue weighted by Crippen LogP contribution is 2.19. The zero-order valence-electron chi connectivity index (χ0n) is 14.3. The molecule has 5 nitrogen and oxygen atoms in total. The number of halogens is 1. The first-order valence-electron chi connectivity index (χ1n) is 8.64. The second kappa shape index (κ2) is 9.25. The van der Waals surface area contributed by atoms with E-state index in [1.165, 1.54) is 12.1 Å². The van der Waals surface area contributed by atoms with Gasteiger partial charge in [-0.15, -0.1) is 0 Å². The van der Waals surface area contributed by atoms with Crippen molar-refractivity contribution in [3.05, 3.63) is 35.6 Å². The van der Waals surface area contributed by atoms with E-state index in [2.05, 4.69) is 15.2 Å². The van der Waals surface area contributed by atoms with E-state index in [4.69, 9.17) is 5.73 Å². The molecule has 1 saturated heterocycles. The summed E-state index contributed by atoms with van der Waals surface area (Å²) in [5.41, 5.74) is 6.40. The second-order valence-corrected chi connectivity index (χ2v) is 6.24. The molecule has 0 aromatic heterocycles. The van der Waals surface area contributed by atoms with E-state index < -0.39 is 0 Å². The second-order valence-electron chi connectivity index (χ2n) is 6.24. The summed E-state index contributed by atoms with van der Waals surface area (Å²) in [6.45, 7) is 5.24. The van der Waals surface area contributed by atoms with Crippen molar-refractivity contribution < 1.29 is 9.18 Å². The Hall–Kier alpha value is -2.11. The molecule has 0 spiro atoms. The molecule has 132 valence electrons. The lowest BCUT2D eigenvalue weighted by atomic mass is 9.95. The summed E-state index contributed by atoms with van der Waals surface area (Å²) in [5.74, 6) is 0.732. The lowest BCUT2D eigenvalue weighted by molar-refractivity contribution is -0.119. The van der Waals surface area contributed by atoms with Crippen molar-refractivity contribution in [2.45, 2.75) is 32.6 Å². The number of carbonyl (C=O) groups is 1. The molecule has 1 aromatic carbocycles. The van der Waals surface area contributed by atoms with Crippen molar-refractivity contribution in [2.75, 3.05) is 26.2 Å². The number of aliphatic imine (C=N–C) groups is 1. The van der Waals surface area contributed by atoms with E-state index in [0.717, 1.165) is 50.4 Å². The number of rotatable bonds is 6. The lowest BCUT2D eigenvalue weighted by Gasteiger charge is -2.34. The largest absolute Gasteiger partial charge is 0.370 e. The van der Waals surface area contributed by atoms with E-state index in [0.29, 0.717) is 18.9 Å². The molecule has 1 amide bonds. The highest BCUT2D eigenvalue weighted by molar-refractivity contribution is 5.80. The number of amides is 1. The predicted molar refractivity (Wildman–Crippen MR) is 94.2 cm³/mol. The summed E-state index contributed by atoms with van der Waals surface area (Å²) in [5, 5.41) is 3.32. The maximum Gasteiger partial charge on any atom is 0.217 e. The molecule has 0 bridgehead atoms. The number of guanidine groups is 1. The van der Waals surface area contributed by atoms with E-state index in [9.17, 15) is 9.18 Å². The summed E-state index contributed by atoms with van der Waals surface area (Å²) >= 11 is 0. The highest BCUT2D eigenvalue weighted by Gasteiger charge is 2.23.